The number of carbonyl (C=O) groups is 1. The molecule has 0 bridgehead atoms. The molecule has 62 heavy (non-hydrogen) atoms. The zero-order chi connectivity index (χ0) is 42.0. The fraction of sp³-hybridized carbons (Fsp3) is 0. The van der Waals surface area contributed by atoms with Crippen LogP contribution in [0.3, 0.4) is 0 Å². The van der Waals surface area contributed by atoms with Crippen LogP contribution in [0.5, 0.6) is 23.0 Å². The summed E-state index contributed by atoms with van der Waals surface area (Å²) in [7, 11) is 0. The van der Waals surface area contributed by atoms with Crippen LogP contribution in [0.25, 0.3) is 67.1 Å². The lowest BCUT2D eigenvalue weighted by Crippen LogP contribution is -2.02. The number of ketones is 1. The van der Waals surface area contributed by atoms with Crippen LogP contribution in [0.15, 0.2) is 194 Å². The Morgan fingerprint density at radius 2 is 0.661 bits per heavy atom. The lowest BCUT2D eigenvalue weighted by molar-refractivity contribution is 0.103. The molecule has 10 aromatic rings. The minimum absolute atomic E-state index is 0.113. The fourth-order valence-corrected chi connectivity index (χ4v) is 7.26. The van der Waals surface area contributed by atoms with E-state index in [-0.39, 0.29) is 5.78 Å². The monoisotopic (exact) mass is 804 g/mol. The molecule has 0 saturated heterocycles. The second-order valence-electron chi connectivity index (χ2n) is 14.7. The topological polar surface area (TPSA) is 139 Å². The van der Waals surface area contributed by atoms with Crippen molar-refractivity contribution < 1.29 is 14.3 Å². The third kappa shape index (κ3) is 7.77. The Bertz CT molecular complexity index is 3010. The first-order valence-electron chi connectivity index (χ1n) is 20.0. The van der Waals surface area contributed by atoms with Gasteiger partial charge in [-0.25, -0.2) is 19.9 Å². The second kappa shape index (κ2) is 16.2. The van der Waals surface area contributed by atoms with Gasteiger partial charge in [-0.15, -0.1) is 0 Å². The van der Waals surface area contributed by atoms with Gasteiger partial charge in [-0.2, -0.15) is 0 Å². The van der Waals surface area contributed by atoms with E-state index in [9.17, 15) is 4.79 Å². The number of hydrogen-bond acceptors (Lipinski definition) is 9. The summed E-state index contributed by atoms with van der Waals surface area (Å²) in [6.45, 7) is 0. The van der Waals surface area contributed by atoms with Crippen LogP contribution in [0, 0.1) is 0 Å². The van der Waals surface area contributed by atoms with E-state index in [1.54, 1.807) is 24.3 Å². The van der Waals surface area contributed by atoms with Gasteiger partial charge in [0.15, 0.2) is 5.78 Å². The summed E-state index contributed by atoms with van der Waals surface area (Å²) in [4.78, 5) is 34.3. The smallest absolute Gasteiger partial charge is 0.193 e. The van der Waals surface area contributed by atoms with Crippen molar-refractivity contribution in [2.75, 3.05) is 11.5 Å². The highest BCUT2D eigenvalue weighted by molar-refractivity contribution is 6.09. The van der Waals surface area contributed by atoms with Crippen LogP contribution in [-0.2, 0) is 0 Å². The van der Waals surface area contributed by atoms with Gasteiger partial charge in [-0.05, 0) is 72.8 Å². The Kier molecular flexibility index (Phi) is 9.79. The number of rotatable bonds is 10. The molecular formula is C53H36N6O3. The van der Waals surface area contributed by atoms with Crippen LogP contribution in [-0.4, -0.2) is 25.7 Å². The zero-order valence-corrected chi connectivity index (χ0v) is 33.1. The number of nitrogens with two attached hydrogens (primary N) is 2. The number of fused-ring (bicyclic) bond motifs is 2. The number of ether oxygens (including phenoxy) is 2. The molecule has 0 aliphatic heterocycles. The van der Waals surface area contributed by atoms with E-state index in [1.165, 1.54) is 0 Å². The van der Waals surface area contributed by atoms with Gasteiger partial charge in [0.1, 0.15) is 23.0 Å². The molecule has 0 radical (unpaired) electrons. The number of aromatic nitrogens is 4. The van der Waals surface area contributed by atoms with E-state index in [1.807, 2.05) is 170 Å². The molecule has 0 unspecified atom stereocenters. The Labute approximate surface area is 357 Å². The standard InChI is InChI=1S/C53H36N6O3/c54-39-19-23-41(24-20-39)61-43-27-29-45-47(31-43)58-51(49(56-45)33-7-3-1-4-8-33)35-11-15-37(16-12-35)53(60)38-17-13-36(14-18-38)52-50(34-9-5-2-6-10-34)57-46-30-28-44(32-48(46)59-52)62-42-25-21-40(55)22-26-42/h1-32H,54-55H2. The van der Waals surface area contributed by atoms with Crippen LogP contribution in [0.4, 0.5) is 11.4 Å². The number of nitrogens with zero attached hydrogens (tertiary/aromatic N) is 4. The minimum atomic E-state index is -0.113. The van der Waals surface area contributed by atoms with Crippen LogP contribution in [0.2, 0.25) is 0 Å². The summed E-state index contributed by atoms with van der Waals surface area (Å²) < 4.78 is 12.2. The quantitative estimate of drug-likeness (QED) is 0.102. The van der Waals surface area contributed by atoms with Crippen molar-refractivity contribution in [3.8, 4) is 68.0 Å². The number of benzene rings is 8. The Morgan fingerprint density at radius 3 is 1.03 bits per heavy atom. The van der Waals surface area contributed by atoms with Crippen LogP contribution < -0.4 is 20.9 Å². The first kappa shape index (κ1) is 37.6. The van der Waals surface area contributed by atoms with Crippen LogP contribution in [0.1, 0.15) is 15.9 Å². The molecule has 2 aromatic heterocycles. The minimum Gasteiger partial charge on any atom is -0.457 e. The summed E-state index contributed by atoms with van der Waals surface area (Å²) in [6, 6.07) is 60.7. The van der Waals surface area contributed by atoms with E-state index in [4.69, 9.17) is 40.9 Å². The maximum atomic E-state index is 14.0. The van der Waals surface area contributed by atoms with E-state index < -0.39 is 0 Å². The molecule has 0 fully saturated rings. The number of nitrogen functional groups attached to an aromatic ring is 2. The highest BCUT2D eigenvalue weighted by Gasteiger charge is 2.18. The molecule has 0 atom stereocenters. The van der Waals surface area contributed by atoms with Crippen molar-refractivity contribution in [2.45, 2.75) is 0 Å². The van der Waals surface area contributed by atoms with Crippen molar-refractivity contribution in [1.29, 1.82) is 0 Å². The predicted molar refractivity (Wildman–Crippen MR) is 246 cm³/mol. The maximum Gasteiger partial charge on any atom is 0.193 e. The SMILES string of the molecule is Nc1ccc(Oc2ccc3nc(-c4ccccc4)c(-c4ccc(C(=O)c5ccc(-c6nc7cc(Oc8ccc(N)cc8)ccc7nc6-c6ccccc6)cc5)cc4)nc3c2)cc1. The highest BCUT2D eigenvalue weighted by Crippen LogP contribution is 2.35. The number of anilines is 2. The highest BCUT2D eigenvalue weighted by atomic mass is 16.5. The molecule has 10 rings (SSSR count). The average Bonchev–Trinajstić information content (AvgIpc) is 3.32. The van der Waals surface area contributed by atoms with E-state index in [0.29, 0.717) is 67.9 Å². The van der Waals surface area contributed by atoms with Gasteiger partial charge in [-0.3, -0.25) is 4.79 Å². The largest absolute Gasteiger partial charge is 0.457 e. The van der Waals surface area contributed by atoms with Crippen molar-refractivity contribution in [3.05, 3.63) is 205 Å². The van der Waals surface area contributed by atoms with E-state index in [2.05, 4.69) is 0 Å². The van der Waals surface area contributed by atoms with Crippen molar-refractivity contribution >= 4 is 39.2 Å². The number of carbonyl (C=O) groups excluding carboxylic acids is 1. The molecule has 296 valence electrons. The molecular weight excluding hydrogens is 769 g/mol. The normalized spacial score (nSPS) is 11.1. The van der Waals surface area contributed by atoms with Gasteiger partial charge in [0.05, 0.1) is 44.8 Å². The zero-order valence-electron chi connectivity index (χ0n) is 33.1. The summed E-state index contributed by atoms with van der Waals surface area (Å²) in [5.74, 6) is 2.47. The number of hydrogen-bond donors (Lipinski definition) is 2. The first-order valence-corrected chi connectivity index (χ1v) is 20.0. The second-order valence-corrected chi connectivity index (χ2v) is 14.7. The van der Waals surface area contributed by atoms with Crippen LogP contribution >= 0.6 is 0 Å². The van der Waals surface area contributed by atoms with Gasteiger partial charge in [0.2, 0.25) is 0 Å². The summed E-state index contributed by atoms with van der Waals surface area (Å²) in [5, 5.41) is 0. The van der Waals surface area contributed by atoms with Gasteiger partial charge >= 0.3 is 0 Å². The molecule has 0 saturated carbocycles. The van der Waals surface area contributed by atoms with Gasteiger partial charge < -0.3 is 20.9 Å². The maximum absolute atomic E-state index is 14.0. The predicted octanol–water partition coefficient (Wildman–Crippen LogP) is 12.2. The molecule has 9 heteroatoms. The summed E-state index contributed by atoms with van der Waals surface area (Å²) >= 11 is 0. The third-order valence-corrected chi connectivity index (χ3v) is 10.4. The summed E-state index contributed by atoms with van der Waals surface area (Å²) in [6.07, 6.45) is 0. The van der Waals surface area contributed by atoms with E-state index in [0.717, 1.165) is 44.7 Å². The Morgan fingerprint density at radius 1 is 0.339 bits per heavy atom. The van der Waals surface area contributed by atoms with Crippen molar-refractivity contribution in [1.82, 2.24) is 19.9 Å². The molecule has 9 nitrogen and oxygen atoms in total. The molecule has 0 aliphatic rings. The Hall–Kier alpha value is -8.69. The van der Waals surface area contributed by atoms with Crippen molar-refractivity contribution in [3.63, 3.8) is 0 Å². The third-order valence-electron chi connectivity index (χ3n) is 10.4. The first-order chi connectivity index (χ1) is 30.4. The van der Waals surface area contributed by atoms with Gasteiger partial charge in [0, 0.05) is 56.9 Å². The summed E-state index contributed by atoms with van der Waals surface area (Å²) in [5.41, 5.74) is 23.3. The average molecular weight is 805 g/mol. The molecule has 0 spiro atoms. The van der Waals surface area contributed by atoms with Gasteiger partial charge in [0.25, 0.3) is 0 Å². The molecule has 8 aromatic carbocycles. The Balaban J connectivity index is 0.952. The lowest BCUT2D eigenvalue weighted by atomic mass is 9.97. The van der Waals surface area contributed by atoms with E-state index >= 15 is 0 Å². The van der Waals surface area contributed by atoms with Gasteiger partial charge in [-0.1, -0.05) is 109 Å². The molecule has 0 amide bonds. The molecule has 2 heterocycles. The fourth-order valence-electron chi connectivity index (χ4n) is 7.26. The molecule has 4 N–H and O–H groups in total. The van der Waals surface area contributed by atoms with Crippen molar-refractivity contribution in [2.24, 2.45) is 0 Å². The molecule has 0 aliphatic carbocycles. The lowest BCUT2D eigenvalue weighted by Gasteiger charge is -2.13.